The third-order valence-electron chi connectivity index (χ3n) is 3.89. The Morgan fingerprint density at radius 3 is 3.10 bits per heavy atom. The second kappa shape index (κ2) is 4.45. The van der Waals surface area contributed by atoms with Gasteiger partial charge in [-0.3, -0.25) is 0 Å². The van der Waals surface area contributed by atoms with Gasteiger partial charge in [-0.25, -0.2) is 0 Å². The SMILES string of the molecule is Cn1ccc2c(-c3nc([C@H]4CCOC4)no3)cccc21. The lowest BCUT2D eigenvalue weighted by atomic mass is 10.1. The van der Waals surface area contributed by atoms with Crippen LogP contribution in [0.4, 0.5) is 0 Å². The fourth-order valence-electron chi connectivity index (χ4n) is 2.74. The number of aryl methyl sites for hydroxylation is 1. The molecule has 3 heterocycles. The zero-order valence-electron chi connectivity index (χ0n) is 11.2. The van der Waals surface area contributed by atoms with Gasteiger partial charge in [0.25, 0.3) is 5.89 Å². The van der Waals surface area contributed by atoms with Crippen molar-refractivity contribution >= 4 is 10.9 Å². The van der Waals surface area contributed by atoms with Gasteiger partial charge < -0.3 is 13.8 Å². The van der Waals surface area contributed by atoms with E-state index in [1.165, 1.54) is 0 Å². The van der Waals surface area contributed by atoms with E-state index in [-0.39, 0.29) is 5.92 Å². The highest BCUT2D eigenvalue weighted by Gasteiger charge is 2.24. The van der Waals surface area contributed by atoms with E-state index in [1.54, 1.807) is 0 Å². The minimum Gasteiger partial charge on any atom is -0.381 e. The summed E-state index contributed by atoms with van der Waals surface area (Å²) >= 11 is 0. The molecule has 5 nitrogen and oxygen atoms in total. The van der Waals surface area contributed by atoms with Gasteiger partial charge in [0, 0.05) is 42.2 Å². The molecule has 1 fully saturated rings. The van der Waals surface area contributed by atoms with Crippen LogP contribution in [0.25, 0.3) is 22.4 Å². The van der Waals surface area contributed by atoms with Crippen molar-refractivity contribution < 1.29 is 9.26 Å². The highest BCUT2D eigenvalue weighted by atomic mass is 16.5. The highest BCUT2D eigenvalue weighted by molar-refractivity contribution is 5.93. The van der Waals surface area contributed by atoms with Crippen molar-refractivity contribution in [1.29, 1.82) is 0 Å². The third kappa shape index (κ3) is 1.74. The van der Waals surface area contributed by atoms with Crippen molar-refractivity contribution in [2.24, 2.45) is 7.05 Å². The molecule has 0 spiro atoms. The molecule has 3 aromatic rings. The predicted molar refractivity (Wildman–Crippen MR) is 74.4 cm³/mol. The van der Waals surface area contributed by atoms with E-state index in [2.05, 4.69) is 26.8 Å². The fraction of sp³-hybridized carbons (Fsp3) is 0.333. The van der Waals surface area contributed by atoms with Crippen molar-refractivity contribution in [3.05, 3.63) is 36.3 Å². The lowest BCUT2D eigenvalue weighted by Gasteiger charge is -2.00. The quantitative estimate of drug-likeness (QED) is 0.717. The molecule has 0 radical (unpaired) electrons. The van der Waals surface area contributed by atoms with Crippen LogP contribution in [0.1, 0.15) is 18.2 Å². The van der Waals surface area contributed by atoms with Gasteiger partial charge in [0.2, 0.25) is 0 Å². The Bertz CT molecular complexity index is 753. The molecule has 0 N–H and O–H groups in total. The maximum atomic E-state index is 5.45. The minimum absolute atomic E-state index is 0.266. The largest absolute Gasteiger partial charge is 0.381 e. The first-order valence-corrected chi connectivity index (χ1v) is 6.79. The average molecular weight is 269 g/mol. The molecule has 20 heavy (non-hydrogen) atoms. The smallest absolute Gasteiger partial charge is 0.258 e. The normalized spacial score (nSPS) is 18.9. The van der Waals surface area contributed by atoms with Gasteiger partial charge in [-0.2, -0.15) is 4.98 Å². The van der Waals surface area contributed by atoms with Crippen molar-refractivity contribution in [3.63, 3.8) is 0 Å². The van der Waals surface area contributed by atoms with Crippen LogP contribution in [0.3, 0.4) is 0 Å². The summed E-state index contributed by atoms with van der Waals surface area (Å²) in [6, 6.07) is 8.19. The van der Waals surface area contributed by atoms with Gasteiger partial charge in [0.05, 0.1) is 6.61 Å². The lowest BCUT2D eigenvalue weighted by molar-refractivity contribution is 0.192. The van der Waals surface area contributed by atoms with Crippen LogP contribution >= 0.6 is 0 Å². The Labute approximate surface area is 116 Å². The van der Waals surface area contributed by atoms with Gasteiger partial charge in [-0.05, 0) is 24.6 Å². The number of ether oxygens (including phenoxy) is 1. The Balaban J connectivity index is 1.79. The van der Waals surface area contributed by atoms with E-state index in [4.69, 9.17) is 9.26 Å². The molecule has 0 unspecified atom stereocenters. The molecule has 1 saturated heterocycles. The fourth-order valence-corrected chi connectivity index (χ4v) is 2.74. The van der Waals surface area contributed by atoms with E-state index in [1.807, 2.05) is 25.4 Å². The summed E-state index contributed by atoms with van der Waals surface area (Å²) < 4.78 is 12.9. The molecule has 102 valence electrons. The maximum Gasteiger partial charge on any atom is 0.258 e. The van der Waals surface area contributed by atoms with E-state index in [9.17, 15) is 0 Å². The monoisotopic (exact) mass is 269 g/mol. The molecule has 0 aliphatic carbocycles. The van der Waals surface area contributed by atoms with E-state index >= 15 is 0 Å². The first-order valence-electron chi connectivity index (χ1n) is 6.79. The molecule has 0 amide bonds. The van der Waals surface area contributed by atoms with Crippen LogP contribution in [0, 0.1) is 0 Å². The second-order valence-electron chi connectivity index (χ2n) is 5.18. The number of aromatic nitrogens is 3. The molecule has 2 aromatic heterocycles. The van der Waals surface area contributed by atoms with Crippen LogP contribution in [0.2, 0.25) is 0 Å². The number of hydrogen-bond donors (Lipinski definition) is 0. The molecular weight excluding hydrogens is 254 g/mol. The molecule has 1 aliphatic rings. The first-order chi connectivity index (χ1) is 9.83. The van der Waals surface area contributed by atoms with Gasteiger partial charge in [0.1, 0.15) is 0 Å². The Hall–Kier alpha value is -2.14. The summed E-state index contributed by atoms with van der Waals surface area (Å²) in [6.07, 6.45) is 3.00. The van der Waals surface area contributed by atoms with E-state index in [0.717, 1.165) is 35.3 Å². The van der Waals surface area contributed by atoms with Crippen LogP contribution in [0.5, 0.6) is 0 Å². The molecule has 0 bridgehead atoms. The number of hydrogen-bond acceptors (Lipinski definition) is 4. The molecule has 0 saturated carbocycles. The van der Waals surface area contributed by atoms with Gasteiger partial charge in [0.15, 0.2) is 5.82 Å². The summed E-state index contributed by atoms with van der Waals surface area (Å²) in [5.74, 6) is 1.61. The summed E-state index contributed by atoms with van der Waals surface area (Å²) in [6.45, 7) is 1.47. The number of nitrogens with zero attached hydrogens (tertiary/aromatic N) is 3. The molecule has 1 aromatic carbocycles. The van der Waals surface area contributed by atoms with Crippen molar-refractivity contribution in [2.75, 3.05) is 13.2 Å². The van der Waals surface area contributed by atoms with Crippen LogP contribution in [0.15, 0.2) is 35.0 Å². The molecule has 5 heteroatoms. The van der Waals surface area contributed by atoms with E-state index in [0.29, 0.717) is 12.5 Å². The minimum atomic E-state index is 0.266. The summed E-state index contributed by atoms with van der Waals surface area (Å²) in [7, 11) is 2.03. The van der Waals surface area contributed by atoms with Crippen molar-refractivity contribution in [3.8, 4) is 11.5 Å². The number of benzene rings is 1. The standard InChI is InChI=1S/C15H15N3O2/c1-18-7-5-11-12(3-2-4-13(11)18)15-16-14(17-20-15)10-6-8-19-9-10/h2-5,7,10H,6,8-9H2,1H3/t10-/m0/s1. The second-order valence-corrected chi connectivity index (χ2v) is 5.18. The van der Waals surface area contributed by atoms with E-state index < -0.39 is 0 Å². The topological polar surface area (TPSA) is 53.1 Å². The molecule has 1 atom stereocenters. The molecule has 1 aliphatic heterocycles. The van der Waals surface area contributed by atoms with Gasteiger partial charge >= 0.3 is 0 Å². The van der Waals surface area contributed by atoms with Crippen LogP contribution < -0.4 is 0 Å². The Morgan fingerprint density at radius 2 is 2.25 bits per heavy atom. The summed E-state index contributed by atoms with van der Waals surface area (Å²) in [5, 5.41) is 5.25. The highest BCUT2D eigenvalue weighted by Crippen LogP contribution is 2.30. The summed E-state index contributed by atoms with van der Waals surface area (Å²) in [5.41, 5.74) is 2.15. The van der Waals surface area contributed by atoms with Crippen molar-refractivity contribution in [2.45, 2.75) is 12.3 Å². The van der Waals surface area contributed by atoms with Gasteiger partial charge in [-0.1, -0.05) is 11.2 Å². The maximum absolute atomic E-state index is 5.45. The first kappa shape index (κ1) is 11.7. The van der Waals surface area contributed by atoms with Gasteiger partial charge in [-0.15, -0.1) is 0 Å². The molecular formula is C15H15N3O2. The summed E-state index contributed by atoms with van der Waals surface area (Å²) in [4.78, 5) is 4.55. The predicted octanol–water partition coefficient (Wildman–Crippen LogP) is 2.73. The third-order valence-corrected chi connectivity index (χ3v) is 3.89. The zero-order valence-corrected chi connectivity index (χ0v) is 11.2. The lowest BCUT2D eigenvalue weighted by Crippen LogP contribution is -1.99. The average Bonchev–Trinajstić information content (AvgIpc) is 3.18. The number of rotatable bonds is 2. The zero-order chi connectivity index (χ0) is 13.5. The Morgan fingerprint density at radius 1 is 1.30 bits per heavy atom. The molecule has 4 rings (SSSR count). The van der Waals surface area contributed by atoms with Crippen LogP contribution in [-0.2, 0) is 11.8 Å². The van der Waals surface area contributed by atoms with Crippen molar-refractivity contribution in [1.82, 2.24) is 14.7 Å². The number of fused-ring (bicyclic) bond motifs is 1. The van der Waals surface area contributed by atoms with Crippen LogP contribution in [-0.4, -0.2) is 27.9 Å². The Kier molecular flexibility index (Phi) is 2.60.